The Hall–Kier alpha value is -3.82. The van der Waals surface area contributed by atoms with Crippen molar-refractivity contribution in [2.24, 2.45) is 0 Å². The molecule has 166 valence electrons. The minimum atomic E-state index is -0.370. The molecule has 1 fully saturated rings. The first-order valence-electron chi connectivity index (χ1n) is 11.2. The van der Waals surface area contributed by atoms with Gasteiger partial charge in [0, 0.05) is 22.5 Å². The average molecular weight is 440 g/mol. The van der Waals surface area contributed by atoms with Crippen LogP contribution in [0.3, 0.4) is 0 Å². The molecule has 0 radical (unpaired) electrons. The summed E-state index contributed by atoms with van der Waals surface area (Å²) in [5.41, 5.74) is 4.67. The van der Waals surface area contributed by atoms with E-state index in [4.69, 9.17) is 4.74 Å². The number of para-hydroxylation sites is 1. The quantitative estimate of drug-likeness (QED) is 0.429. The number of hydrogen-bond donors (Lipinski definition) is 2. The first kappa shape index (κ1) is 21.0. The van der Waals surface area contributed by atoms with Crippen molar-refractivity contribution in [3.63, 3.8) is 0 Å². The van der Waals surface area contributed by atoms with E-state index >= 15 is 0 Å². The van der Waals surface area contributed by atoms with E-state index < -0.39 is 0 Å². The second-order valence-electron chi connectivity index (χ2n) is 8.54. The zero-order chi connectivity index (χ0) is 22.9. The summed E-state index contributed by atoms with van der Waals surface area (Å²) in [4.78, 5) is 12.5. The molecule has 0 bridgehead atoms. The summed E-state index contributed by atoms with van der Waals surface area (Å²) in [6.07, 6.45) is 3.04. The molecule has 0 amide bonds. The predicted molar refractivity (Wildman–Crippen MR) is 129 cm³/mol. The van der Waals surface area contributed by atoms with Crippen molar-refractivity contribution in [2.75, 3.05) is 12.4 Å². The summed E-state index contributed by atoms with van der Waals surface area (Å²) in [7, 11) is 1.39. The average Bonchev–Trinajstić information content (AvgIpc) is 3.19. The number of esters is 1. The van der Waals surface area contributed by atoms with Gasteiger partial charge in [0.1, 0.15) is 6.07 Å². The third-order valence-electron chi connectivity index (χ3n) is 6.54. The number of methoxy groups -OCH3 is 1. The van der Waals surface area contributed by atoms with Crippen LogP contribution in [0.1, 0.15) is 41.6 Å². The lowest BCUT2D eigenvalue weighted by atomic mass is 9.93. The second kappa shape index (κ2) is 8.61. The van der Waals surface area contributed by atoms with Crippen molar-refractivity contribution in [3.05, 3.63) is 71.8 Å². The highest BCUT2D eigenvalue weighted by molar-refractivity contribution is 6.17. The van der Waals surface area contributed by atoms with Gasteiger partial charge in [-0.25, -0.2) is 4.79 Å². The fourth-order valence-electron chi connectivity index (χ4n) is 4.91. The number of fused-ring (bicyclic) bond motifs is 3. The van der Waals surface area contributed by atoms with Crippen molar-refractivity contribution in [1.29, 1.82) is 5.26 Å². The second-order valence-corrected chi connectivity index (χ2v) is 8.54. The van der Waals surface area contributed by atoms with Crippen LogP contribution in [0, 0.1) is 11.3 Å². The molecule has 0 atom stereocenters. The normalized spacial score (nSPS) is 18.2. The van der Waals surface area contributed by atoms with Gasteiger partial charge in [0.25, 0.3) is 0 Å². The summed E-state index contributed by atoms with van der Waals surface area (Å²) in [6.45, 7) is 0. The Balaban J connectivity index is 1.68. The van der Waals surface area contributed by atoms with Gasteiger partial charge in [-0.05, 0) is 62.1 Å². The number of aromatic nitrogens is 1. The molecule has 0 spiro atoms. The monoisotopic (exact) mass is 439 g/mol. The number of anilines is 1. The lowest BCUT2D eigenvalue weighted by Crippen LogP contribution is -2.28. The highest BCUT2D eigenvalue weighted by atomic mass is 16.5. The van der Waals surface area contributed by atoms with Crippen LogP contribution >= 0.6 is 0 Å². The van der Waals surface area contributed by atoms with E-state index in [9.17, 15) is 15.2 Å². The molecule has 2 N–H and O–H groups in total. The topological polar surface area (TPSA) is 87.3 Å². The van der Waals surface area contributed by atoms with Gasteiger partial charge in [-0.3, -0.25) is 0 Å². The SMILES string of the molecule is COC(=O)c1cccc2c1c1ccccc1n2-c1ccc(C#N)c(NC2CCC(O)CC2)c1. The first-order valence-corrected chi connectivity index (χ1v) is 11.2. The number of nitriles is 1. The largest absolute Gasteiger partial charge is 0.465 e. The molecule has 5 rings (SSSR count). The molecule has 1 aliphatic rings. The summed E-state index contributed by atoms with van der Waals surface area (Å²) >= 11 is 0. The molecule has 1 heterocycles. The number of ether oxygens (including phenoxy) is 1. The van der Waals surface area contributed by atoms with E-state index in [1.165, 1.54) is 7.11 Å². The Morgan fingerprint density at radius 3 is 2.58 bits per heavy atom. The molecule has 1 aliphatic carbocycles. The molecule has 4 aromatic rings. The molecule has 0 unspecified atom stereocenters. The first-order chi connectivity index (χ1) is 16.1. The highest BCUT2D eigenvalue weighted by Crippen LogP contribution is 2.35. The number of benzene rings is 3. The van der Waals surface area contributed by atoms with Gasteiger partial charge in [-0.1, -0.05) is 24.3 Å². The molecule has 1 aromatic heterocycles. The van der Waals surface area contributed by atoms with Crippen molar-refractivity contribution in [3.8, 4) is 11.8 Å². The Bertz CT molecular complexity index is 1390. The van der Waals surface area contributed by atoms with Gasteiger partial charge in [0.05, 0.1) is 41.1 Å². The van der Waals surface area contributed by atoms with Gasteiger partial charge >= 0.3 is 5.97 Å². The number of nitrogens with one attached hydrogen (secondary N) is 1. The predicted octanol–water partition coefficient (Wildman–Crippen LogP) is 5.16. The maximum atomic E-state index is 12.5. The minimum Gasteiger partial charge on any atom is -0.465 e. The van der Waals surface area contributed by atoms with Crippen LogP contribution in [0.15, 0.2) is 60.7 Å². The third-order valence-corrected chi connectivity index (χ3v) is 6.54. The Labute approximate surface area is 192 Å². The number of nitrogens with zero attached hydrogens (tertiary/aromatic N) is 2. The molecule has 33 heavy (non-hydrogen) atoms. The number of rotatable bonds is 4. The standard InChI is InChI=1S/C27H25N3O3/c1-33-27(32)22-6-4-8-25-26(22)21-5-2-3-7-24(21)30(25)19-12-9-17(16-28)23(15-19)29-18-10-13-20(31)14-11-18/h2-9,12,15,18,20,29,31H,10-11,13-14H2,1H3. The number of hydrogen-bond acceptors (Lipinski definition) is 5. The number of carbonyl (C=O) groups excluding carboxylic acids is 1. The van der Waals surface area contributed by atoms with Crippen molar-refractivity contribution >= 4 is 33.5 Å². The van der Waals surface area contributed by atoms with E-state index in [-0.39, 0.29) is 18.1 Å². The lowest BCUT2D eigenvalue weighted by molar-refractivity contribution is 0.0603. The lowest BCUT2D eigenvalue weighted by Gasteiger charge is -2.27. The van der Waals surface area contributed by atoms with Crippen LogP contribution in [0.2, 0.25) is 0 Å². The molecular formula is C27H25N3O3. The van der Waals surface area contributed by atoms with Crippen LogP contribution in [-0.2, 0) is 4.74 Å². The number of aliphatic hydroxyl groups excluding tert-OH is 1. The summed E-state index contributed by atoms with van der Waals surface area (Å²) in [6, 6.07) is 21.9. The summed E-state index contributed by atoms with van der Waals surface area (Å²) in [5.74, 6) is -0.370. The van der Waals surface area contributed by atoms with Crippen molar-refractivity contribution < 1.29 is 14.6 Å². The fraction of sp³-hybridized carbons (Fsp3) is 0.259. The van der Waals surface area contributed by atoms with Gasteiger partial charge in [-0.15, -0.1) is 0 Å². The molecule has 0 saturated heterocycles. The third kappa shape index (κ3) is 3.71. The van der Waals surface area contributed by atoms with Gasteiger partial charge < -0.3 is 19.7 Å². The Kier molecular flexibility index (Phi) is 5.49. The maximum absolute atomic E-state index is 12.5. The smallest absolute Gasteiger partial charge is 0.338 e. The van der Waals surface area contributed by atoms with Gasteiger partial charge in [-0.2, -0.15) is 5.26 Å². The van der Waals surface area contributed by atoms with E-state index in [0.29, 0.717) is 11.1 Å². The molecule has 1 saturated carbocycles. The van der Waals surface area contributed by atoms with Gasteiger partial charge in [0.15, 0.2) is 0 Å². The van der Waals surface area contributed by atoms with Crippen LogP contribution in [0.5, 0.6) is 0 Å². The van der Waals surface area contributed by atoms with Crippen LogP contribution in [0.4, 0.5) is 5.69 Å². The van der Waals surface area contributed by atoms with Crippen LogP contribution in [-0.4, -0.2) is 34.9 Å². The molecule has 6 nitrogen and oxygen atoms in total. The summed E-state index contributed by atoms with van der Waals surface area (Å²) < 4.78 is 7.16. The zero-order valence-corrected chi connectivity index (χ0v) is 18.4. The highest BCUT2D eigenvalue weighted by Gasteiger charge is 2.22. The van der Waals surface area contributed by atoms with E-state index in [0.717, 1.165) is 58.9 Å². The fourth-order valence-corrected chi connectivity index (χ4v) is 4.91. The number of aliphatic hydroxyl groups is 1. The Morgan fingerprint density at radius 2 is 1.82 bits per heavy atom. The zero-order valence-electron chi connectivity index (χ0n) is 18.4. The van der Waals surface area contributed by atoms with Crippen LogP contribution in [0.25, 0.3) is 27.5 Å². The molecule has 3 aromatic carbocycles. The van der Waals surface area contributed by atoms with E-state index in [2.05, 4.69) is 16.0 Å². The Morgan fingerprint density at radius 1 is 1.06 bits per heavy atom. The van der Waals surface area contributed by atoms with Gasteiger partial charge in [0.2, 0.25) is 0 Å². The van der Waals surface area contributed by atoms with E-state index in [1.54, 1.807) is 6.07 Å². The van der Waals surface area contributed by atoms with Crippen LogP contribution < -0.4 is 5.32 Å². The summed E-state index contributed by atoms with van der Waals surface area (Å²) in [5, 5.41) is 24.9. The maximum Gasteiger partial charge on any atom is 0.338 e. The van der Waals surface area contributed by atoms with Crippen molar-refractivity contribution in [2.45, 2.75) is 37.8 Å². The number of carbonyl (C=O) groups is 1. The molecule has 0 aliphatic heterocycles. The van der Waals surface area contributed by atoms with E-state index in [1.807, 2.05) is 54.6 Å². The van der Waals surface area contributed by atoms with Crippen molar-refractivity contribution in [1.82, 2.24) is 4.57 Å². The molecule has 6 heteroatoms. The minimum absolute atomic E-state index is 0.222. The molecular weight excluding hydrogens is 414 g/mol.